The minimum Gasteiger partial charge on any atom is -0.495 e. The third-order valence-corrected chi connectivity index (χ3v) is 10.0. The number of allylic oxidation sites excluding steroid dienone is 1. The van der Waals surface area contributed by atoms with Gasteiger partial charge >= 0.3 is 0 Å². The number of halogens is 1. The lowest BCUT2D eigenvalue weighted by molar-refractivity contribution is 0.0903. The molecule has 5 rings (SSSR count). The molecule has 4 heterocycles. The Morgan fingerprint density at radius 1 is 1.10 bits per heavy atom. The van der Waals surface area contributed by atoms with Gasteiger partial charge in [-0.3, -0.25) is 0 Å². The Bertz CT molecular complexity index is 1280. The number of hydrogen-bond donors (Lipinski definition) is 1. The molecule has 1 N–H and O–H groups in total. The maximum Gasteiger partial charge on any atom is 0.148 e. The number of aryl methyl sites for hydroxylation is 1. The molecule has 0 bridgehead atoms. The zero-order valence-corrected chi connectivity index (χ0v) is 28.3. The quantitative estimate of drug-likeness (QED) is 0.295. The highest BCUT2D eigenvalue weighted by Gasteiger charge is 2.37. The van der Waals surface area contributed by atoms with Gasteiger partial charge in [-0.15, -0.1) is 0 Å². The number of methoxy groups -OCH3 is 1. The van der Waals surface area contributed by atoms with E-state index in [4.69, 9.17) is 19.4 Å². The minimum absolute atomic E-state index is 0.352. The van der Waals surface area contributed by atoms with Crippen molar-refractivity contribution in [3.63, 3.8) is 0 Å². The summed E-state index contributed by atoms with van der Waals surface area (Å²) in [5.74, 6) is 1.81. The van der Waals surface area contributed by atoms with Crippen LogP contribution in [0.25, 0.3) is 11.6 Å². The Labute approximate surface area is 266 Å². The van der Waals surface area contributed by atoms with E-state index in [1.807, 2.05) is 0 Å². The predicted molar refractivity (Wildman–Crippen MR) is 183 cm³/mol. The molecule has 0 amide bonds. The summed E-state index contributed by atoms with van der Waals surface area (Å²) < 4.78 is 13.7. The number of nitrogens with one attached hydrogen (secondary N) is 1. The Morgan fingerprint density at radius 3 is 2.40 bits per heavy atom. The highest BCUT2D eigenvalue weighted by atomic mass is 127. The third kappa shape index (κ3) is 7.13. The van der Waals surface area contributed by atoms with Crippen LogP contribution in [0, 0.1) is 5.41 Å². The highest BCUT2D eigenvalue weighted by Crippen LogP contribution is 2.44. The summed E-state index contributed by atoms with van der Waals surface area (Å²) >= 11 is 2.35. The van der Waals surface area contributed by atoms with Crippen molar-refractivity contribution < 1.29 is 9.47 Å². The van der Waals surface area contributed by atoms with Gasteiger partial charge in [0.05, 0.1) is 29.9 Å². The lowest BCUT2D eigenvalue weighted by Crippen LogP contribution is -2.46. The van der Waals surface area contributed by atoms with Crippen molar-refractivity contribution in [1.82, 2.24) is 14.9 Å². The van der Waals surface area contributed by atoms with Gasteiger partial charge in [-0.1, -0.05) is 41.2 Å². The number of aromatic nitrogens is 2. The summed E-state index contributed by atoms with van der Waals surface area (Å²) in [6.45, 7) is 12.6. The first kappa shape index (κ1) is 31.3. The normalized spacial score (nSPS) is 20.0. The first-order valence-corrected chi connectivity index (χ1v) is 16.9. The SMILES string of the molecule is CCc1nc(C=C(C)C)c(/C(=C\I)c2ccc(N3CCC4(CCN(C)CC4)CC3)c(OC)c2)nc1NC1CCOCC1. The number of piperidine rings is 2. The van der Waals surface area contributed by atoms with E-state index in [-0.39, 0.29) is 0 Å². The summed E-state index contributed by atoms with van der Waals surface area (Å²) in [7, 11) is 4.04. The molecule has 0 unspecified atom stereocenters. The van der Waals surface area contributed by atoms with Crippen LogP contribution in [0.3, 0.4) is 0 Å². The Morgan fingerprint density at radius 2 is 1.79 bits per heavy atom. The molecule has 0 atom stereocenters. The van der Waals surface area contributed by atoms with Crippen molar-refractivity contribution in [3.8, 4) is 5.75 Å². The number of rotatable bonds is 8. The Hall–Kier alpha value is -2.17. The van der Waals surface area contributed by atoms with Gasteiger partial charge in [-0.25, -0.2) is 9.97 Å². The maximum atomic E-state index is 6.03. The maximum absolute atomic E-state index is 6.03. The Kier molecular flexibility index (Phi) is 10.5. The molecule has 1 spiro atoms. The zero-order chi connectivity index (χ0) is 29.7. The first-order valence-electron chi connectivity index (χ1n) is 15.7. The number of ether oxygens (including phenoxy) is 2. The van der Waals surface area contributed by atoms with Crippen molar-refractivity contribution in [2.24, 2.45) is 5.41 Å². The average Bonchev–Trinajstić information content (AvgIpc) is 3.01. The second kappa shape index (κ2) is 14.1. The van der Waals surface area contributed by atoms with Crippen molar-refractivity contribution in [1.29, 1.82) is 0 Å². The van der Waals surface area contributed by atoms with Gasteiger partial charge in [-0.05, 0) is 112 Å². The molecule has 42 heavy (non-hydrogen) atoms. The average molecular weight is 686 g/mol. The fourth-order valence-electron chi connectivity index (χ4n) is 6.63. The summed E-state index contributed by atoms with van der Waals surface area (Å²) in [6, 6.07) is 7.02. The molecule has 3 aliphatic heterocycles. The van der Waals surface area contributed by atoms with Gasteiger partial charge in [0.25, 0.3) is 0 Å². The van der Waals surface area contributed by atoms with Crippen LogP contribution in [0.2, 0.25) is 0 Å². The molecular weight excluding hydrogens is 637 g/mol. The monoisotopic (exact) mass is 685 g/mol. The molecule has 1 aromatic heterocycles. The topological polar surface area (TPSA) is 62.8 Å². The van der Waals surface area contributed by atoms with E-state index in [1.54, 1.807) is 7.11 Å². The molecular formula is C34H48IN5O2. The Balaban J connectivity index is 1.44. The lowest BCUT2D eigenvalue weighted by Gasteiger charge is -2.47. The summed E-state index contributed by atoms with van der Waals surface area (Å²) in [6.07, 6.45) is 10.1. The zero-order valence-electron chi connectivity index (χ0n) is 26.1. The molecule has 7 nitrogen and oxygen atoms in total. The largest absolute Gasteiger partial charge is 0.495 e. The summed E-state index contributed by atoms with van der Waals surface area (Å²) in [4.78, 5) is 15.4. The van der Waals surface area contributed by atoms with Crippen LogP contribution < -0.4 is 15.0 Å². The molecule has 3 fully saturated rings. The van der Waals surface area contributed by atoms with E-state index in [1.165, 1.54) is 50.0 Å². The smallest absolute Gasteiger partial charge is 0.148 e. The molecule has 2 aromatic rings. The molecule has 0 aliphatic carbocycles. The summed E-state index contributed by atoms with van der Waals surface area (Å²) in [5, 5.41) is 3.72. The van der Waals surface area contributed by atoms with Gasteiger partial charge in [0.15, 0.2) is 0 Å². The van der Waals surface area contributed by atoms with Crippen molar-refractivity contribution in [2.45, 2.75) is 71.8 Å². The highest BCUT2D eigenvalue weighted by molar-refractivity contribution is 14.1. The molecule has 3 saturated heterocycles. The van der Waals surface area contributed by atoms with Gasteiger partial charge < -0.3 is 24.6 Å². The van der Waals surface area contributed by atoms with Crippen LogP contribution in [-0.2, 0) is 11.2 Å². The molecule has 0 saturated carbocycles. The number of hydrogen-bond acceptors (Lipinski definition) is 7. The van der Waals surface area contributed by atoms with Crippen LogP contribution in [0.15, 0.2) is 27.9 Å². The van der Waals surface area contributed by atoms with Gasteiger partial charge in [0.2, 0.25) is 0 Å². The van der Waals surface area contributed by atoms with Crippen molar-refractivity contribution >= 4 is 45.7 Å². The fourth-order valence-corrected chi connectivity index (χ4v) is 7.28. The second-order valence-corrected chi connectivity index (χ2v) is 13.2. The molecule has 228 valence electrons. The van der Waals surface area contributed by atoms with E-state index in [2.05, 4.69) is 93.9 Å². The van der Waals surface area contributed by atoms with Crippen LogP contribution >= 0.6 is 22.6 Å². The van der Waals surface area contributed by atoms with E-state index in [0.29, 0.717) is 11.5 Å². The lowest BCUT2D eigenvalue weighted by atomic mass is 9.71. The summed E-state index contributed by atoms with van der Waals surface area (Å²) in [5.41, 5.74) is 7.88. The van der Waals surface area contributed by atoms with Crippen LogP contribution in [0.1, 0.15) is 81.9 Å². The van der Waals surface area contributed by atoms with Crippen LogP contribution in [0.4, 0.5) is 11.5 Å². The predicted octanol–water partition coefficient (Wildman–Crippen LogP) is 7.20. The molecule has 3 aliphatic rings. The standard InChI is InChI=1S/C34H48IN5O2/c1-6-28-33(36-26-9-19-42-20-10-26)38-32(29(37-28)21-24(2)3)27(23-35)25-7-8-30(31(22-25)41-5)40-17-13-34(14-18-40)11-15-39(4)16-12-34/h7-8,21-23,26H,6,9-20H2,1-5H3,(H,36,38)/b27-23-. The van der Waals surface area contributed by atoms with Crippen molar-refractivity contribution in [2.75, 3.05) is 63.8 Å². The number of anilines is 2. The van der Waals surface area contributed by atoms with Gasteiger partial charge in [-0.2, -0.15) is 0 Å². The molecule has 0 radical (unpaired) electrons. The third-order valence-electron chi connectivity index (χ3n) is 9.38. The van der Waals surface area contributed by atoms with Crippen molar-refractivity contribution in [3.05, 3.63) is 50.5 Å². The van der Waals surface area contributed by atoms with Crippen LogP contribution in [-0.4, -0.2) is 74.5 Å². The van der Waals surface area contributed by atoms with Crippen LogP contribution in [0.5, 0.6) is 5.75 Å². The van der Waals surface area contributed by atoms with Gasteiger partial charge in [0.1, 0.15) is 11.6 Å². The first-order chi connectivity index (χ1) is 20.3. The van der Waals surface area contributed by atoms with E-state index < -0.39 is 0 Å². The molecule has 1 aromatic carbocycles. The van der Waals surface area contributed by atoms with Gasteiger partial charge in [0, 0.05) is 37.9 Å². The minimum atomic E-state index is 0.352. The fraction of sp³-hybridized carbons (Fsp3) is 0.588. The second-order valence-electron chi connectivity index (χ2n) is 12.6. The number of nitrogens with zero attached hydrogens (tertiary/aromatic N) is 4. The number of likely N-dealkylation sites (tertiary alicyclic amines) is 1. The molecule has 8 heteroatoms. The number of benzene rings is 1. The van der Waals surface area contributed by atoms with E-state index in [9.17, 15) is 0 Å². The van der Waals surface area contributed by atoms with E-state index >= 15 is 0 Å². The van der Waals surface area contributed by atoms with E-state index in [0.717, 1.165) is 85.4 Å².